The highest BCUT2D eigenvalue weighted by Crippen LogP contribution is 2.27. The van der Waals surface area contributed by atoms with E-state index >= 15 is 0 Å². The molecule has 0 saturated carbocycles. The van der Waals surface area contributed by atoms with Crippen molar-refractivity contribution in [3.05, 3.63) is 53.6 Å². The van der Waals surface area contributed by atoms with Gasteiger partial charge in [-0.3, -0.25) is 24.2 Å². The third-order valence-electron chi connectivity index (χ3n) is 6.78. The Morgan fingerprint density at radius 1 is 1.09 bits per heavy atom. The molecule has 1 saturated heterocycles. The van der Waals surface area contributed by atoms with Crippen LogP contribution in [0.1, 0.15) is 71.2 Å². The summed E-state index contributed by atoms with van der Waals surface area (Å²) < 4.78 is 28.9. The van der Waals surface area contributed by atoms with E-state index in [2.05, 4.69) is 15.6 Å². The minimum absolute atomic E-state index is 0.294. The quantitative estimate of drug-likeness (QED) is 0.409. The second kappa shape index (κ2) is 13.2. The molecule has 1 aromatic heterocycles. The molecule has 3 atom stereocenters. The third kappa shape index (κ3) is 9.87. The summed E-state index contributed by atoms with van der Waals surface area (Å²) in [7, 11) is -3.54. The number of nitrogens with zero attached hydrogens (tertiary/aromatic N) is 2. The second-order valence-corrected chi connectivity index (χ2v) is 14.9. The van der Waals surface area contributed by atoms with E-state index in [1.54, 1.807) is 51.2 Å². The fraction of sp³-hybridized carbons (Fsp3) is 0.516. The number of nitrogens with one attached hydrogen (secondary N) is 2. The van der Waals surface area contributed by atoms with Crippen molar-refractivity contribution in [2.24, 2.45) is 5.41 Å². The van der Waals surface area contributed by atoms with Crippen LogP contribution >= 0.6 is 0 Å². The molecule has 3 rings (SSSR count). The maximum absolute atomic E-state index is 13.9. The van der Waals surface area contributed by atoms with Crippen LogP contribution in [0.5, 0.6) is 0 Å². The lowest BCUT2D eigenvalue weighted by Gasteiger charge is -2.35. The Hall–Kier alpha value is -3.80. The number of carbonyl (C=O) groups excluding carboxylic acids is 4. The van der Waals surface area contributed by atoms with Crippen LogP contribution in [0.15, 0.2) is 48.0 Å². The van der Waals surface area contributed by atoms with Crippen LogP contribution in [0.3, 0.4) is 0 Å². The fourth-order valence-corrected chi connectivity index (χ4v) is 5.27. The zero-order chi connectivity index (χ0) is 32.2. The predicted molar refractivity (Wildman–Crippen MR) is 164 cm³/mol. The van der Waals surface area contributed by atoms with Crippen molar-refractivity contribution in [3.8, 4) is 0 Å². The number of pyridine rings is 1. The summed E-state index contributed by atoms with van der Waals surface area (Å²) in [5.74, 6) is -1.98. The number of rotatable bonds is 9. The van der Waals surface area contributed by atoms with E-state index in [0.717, 1.165) is 22.6 Å². The third-order valence-corrected chi connectivity index (χ3v) is 7.44. The molecule has 11 nitrogen and oxygen atoms in total. The van der Waals surface area contributed by atoms with Crippen molar-refractivity contribution in [3.63, 3.8) is 0 Å². The van der Waals surface area contributed by atoms with Gasteiger partial charge in [0.05, 0.1) is 18.0 Å². The number of aromatic nitrogens is 1. The normalized spacial score (nSPS) is 17.5. The molecule has 234 valence electrons. The van der Waals surface area contributed by atoms with Crippen molar-refractivity contribution >= 4 is 44.4 Å². The van der Waals surface area contributed by atoms with E-state index in [1.165, 1.54) is 11.0 Å². The first-order valence-electron chi connectivity index (χ1n) is 14.2. The van der Waals surface area contributed by atoms with Crippen LogP contribution in [0.2, 0.25) is 0 Å². The second-order valence-electron chi connectivity index (χ2n) is 12.9. The number of amides is 3. The first kappa shape index (κ1) is 33.7. The monoisotopic (exact) mass is 614 g/mol. The van der Waals surface area contributed by atoms with Gasteiger partial charge in [0.2, 0.25) is 11.8 Å². The molecule has 1 aliphatic heterocycles. The number of benzene rings is 1. The number of esters is 1. The Kier molecular flexibility index (Phi) is 10.4. The fourth-order valence-electron chi connectivity index (χ4n) is 4.80. The van der Waals surface area contributed by atoms with Crippen molar-refractivity contribution in [1.29, 1.82) is 0 Å². The van der Waals surface area contributed by atoms with Gasteiger partial charge in [0.25, 0.3) is 5.91 Å². The highest BCUT2D eigenvalue weighted by Gasteiger charge is 2.42. The van der Waals surface area contributed by atoms with Crippen LogP contribution in [0.4, 0.5) is 0 Å². The molecule has 1 unspecified atom stereocenters. The molecule has 1 aliphatic rings. The van der Waals surface area contributed by atoms with Crippen molar-refractivity contribution in [1.82, 2.24) is 20.5 Å². The Labute approximate surface area is 253 Å². The summed E-state index contributed by atoms with van der Waals surface area (Å²) in [5.41, 5.74) is -0.339. The zero-order valence-electron chi connectivity index (χ0n) is 25.8. The number of ether oxygens (including phenoxy) is 1. The Bertz CT molecular complexity index is 1510. The molecule has 0 spiro atoms. The Morgan fingerprint density at radius 3 is 2.42 bits per heavy atom. The van der Waals surface area contributed by atoms with Crippen LogP contribution in [0.25, 0.3) is 10.9 Å². The molecule has 2 aromatic rings. The topological polar surface area (TPSA) is 152 Å². The molecule has 0 aliphatic carbocycles. The zero-order valence-corrected chi connectivity index (χ0v) is 26.7. The minimum atomic E-state index is -3.54. The number of likely N-dealkylation sites (tertiary alicyclic amines) is 1. The molecule has 2 N–H and O–H groups in total. The molecule has 2 heterocycles. The maximum Gasteiger partial charge on any atom is 0.308 e. The van der Waals surface area contributed by atoms with Gasteiger partial charge in [-0.1, -0.05) is 32.9 Å². The average Bonchev–Trinajstić information content (AvgIpc) is 3.37. The minimum Gasteiger partial charge on any atom is -0.460 e. The first-order chi connectivity index (χ1) is 19.8. The lowest BCUT2D eigenvalue weighted by atomic mass is 9.85. The van der Waals surface area contributed by atoms with E-state index in [9.17, 15) is 27.6 Å². The van der Waals surface area contributed by atoms with Crippen LogP contribution in [0, 0.1) is 5.41 Å². The lowest BCUT2D eigenvalue weighted by molar-refractivity contribution is -0.155. The molecule has 0 bridgehead atoms. The number of hydrogen-bond donors (Lipinski definition) is 2. The molecular weight excluding hydrogens is 572 g/mol. The highest BCUT2D eigenvalue weighted by molar-refractivity contribution is 7.93. The molecule has 0 radical (unpaired) electrons. The van der Waals surface area contributed by atoms with E-state index in [0.29, 0.717) is 24.9 Å². The standard InChI is InChI=1S/C31H42N4O7S/c1-30(2,3)26(34-27(37)21-12-13-23-20(18-21)10-8-15-32-23)29(39)35-16-9-11-24(35)28(38)33-22(14-17-43(7,40)41)19-25(36)42-31(4,5)6/h8,10,12-15,17-18,22,24,26H,9,11,16,19H2,1-7H3,(H,33,38)(H,34,37)/b17-14+/t22-,24-,26?/m1/s1. The lowest BCUT2D eigenvalue weighted by Crippen LogP contribution is -2.58. The van der Waals surface area contributed by atoms with Crippen molar-refractivity contribution < 1.29 is 32.3 Å². The number of fused-ring (bicyclic) bond motifs is 1. The van der Waals surface area contributed by atoms with Crippen molar-refractivity contribution in [2.75, 3.05) is 12.8 Å². The number of sulfone groups is 1. The van der Waals surface area contributed by atoms with E-state index in [-0.39, 0.29) is 6.42 Å². The smallest absolute Gasteiger partial charge is 0.308 e. The van der Waals surface area contributed by atoms with E-state index < -0.39 is 62.7 Å². The summed E-state index contributed by atoms with van der Waals surface area (Å²) in [6.07, 6.45) is 4.54. The molecule has 1 fully saturated rings. The van der Waals surface area contributed by atoms with Gasteiger partial charge in [0.1, 0.15) is 17.7 Å². The van der Waals surface area contributed by atoms with Gasteiger partial charge >= 0.3 is 5.97 Å². The van der Waals surface area contributed by atoms with Crippen LogP contribution in [-0.4, -0.2) is 78.5 Å². The Balaban J connectivity index is 1.79. The summed E-state index contributed by atoms with van der Waals surface area (Å²) in [4.78, 5) is 58.9. The predicted octanol–water partition coefficient (Wildman–Crippen LogP) is 3.15. The Morgan fingerprint density at radius 2 is 1.79 bits per heavy atom. The summed E-state index contributed by atoms with van der Waals surface area (Å²) >= 11 is 0. The largest absolute Gasteiger partial charge is 0.460 e. The number of carbonyl (C=O) groups is 4. The molecule has 1 aromatic carbocycles. The van der Waals surface area contributed by atoms with Gasteiger partial charge in [0, 0.05) is 35.4 Å². The summed E-state index contributed by atoms with van der Waals surface area (Å²) in [6, 6.07) is 5.94. The summed E-state index contributed by atoms with van der Waals surface area (Å²) in [5, 5.41) is 7.31. The van der Waals surface area contributed by atoms with Gasteiger partial charge in [-0.25, -0.2) is 8.42 Å². The SMILES string of the molecule is CC(C)(C)OC(=O)C[C@@H](/C=C/S(C)(=O)=O)NC(=O)[C@H]1CCCN1C(=O)C(NC(=O)c1ccc2ncccc2c1)C(C)(C)C. The molecule has 12 heteroatoms. The van der Waals surface area contributed by atoms with Gasteiger partial charge in [-0.2, -0.15) is 0 Å². The van der Waals surface area contributed by atoms with Gasteiger partial charge in [-0.15, -0.1) is 0 Å². The van der Waals surface area contributed by atoms with Crippen LogP contribution in [-0.2, 0) is 29.0 Å². The maximum atomic E-state index is 13.9. The number of hydrogen-bond acceptors (Lipinski definition) is 8. The van der Waals surface area contributed by atoms with Gasteiger partial charge in [0.15, 0.2) is 9.84 Å². The van der Waals surface area contributed by atoms with Gasteiger partial charge in [-0.05, 0) is 63.3 Å². The average molecular weight is 615 g/mol. The summed E-state index contributed by atoms with van der Waals surface area (Å²) in [6.45, 7) is 10.9. The molecule has 3 amide bonds. The first-order valence-corrected chi connectivity index (χ1v) is 16.2. The highest BCUT2D eigenvalue weighted by atomic mass is 32.2. The molecular formula is C31H42N4O7S. The van der Waals surface area contributed by atoms with Crippen molar-refractivity contribution in [2.45, 2.75) is 84.5 Å². The molecule has 43 heavy (non-hydrogen) atoms. The van der Waals surface area contributed by atoms with E-state index in [1.807, 2.05) is 26.8 Å². The van der Waals surface area contributed by atoms with Crippen LogP contribution < -0.4 is 10.6 Å². The van der Waals surface area contributed by atoms with E-state index in [4.69, 9.17) is 4.74 Å². The van der Waals surface area contributed by atoms with Gasteiger partial charge < -0.3 is 20.3 Å².